The molecular weight excluding hydrogens is 160 g/mol. The van der Waals surface area contributed by atoms with E-state index in [1.54, 1.807) is 0 Å². The van der Waals surface area contributed by atoms with Crippen molar-refractivity contribution in [3.8, 4) is 0 Å². The van der Waals surface area contributed by atoms with Crippen LogP contribution in [0.1, 0.15) is 23.4 Å². The highest BCUT2D eigenvalue weighted by Gasteiger charge is 2.13. The van der Waals surface area contributed by atoms with Crippen molar-refractivity contribution in [1.82, 2.24) is 9.78 Å². The van der Waals surface area contributed by atoms with E-state index < -0.39 is 0 Å². The van der Waals surface area contributed by atoms with Crippen molar-refractivity contribution >= 4 is 5.57 Å². The highest BCUT2D eigenvalue weighted by molar-refractivity contribution is 5.71. The predicted molar refractivity (Wildman–Crippen MR) is 54.4 cm³/mol. The molecule has 1 aliphatic rings. The van der Waals surface area contributed by atoms with Crippen LogP contribution in [0.4, 0.5) is 0 Å². The molecule has 2 nitrogen and oxygen atoms in total. The van der Waals surface area contributed by atoms with Crippen LogP contribution in [0.15, 0.2) is 18.2 Å². The second-order valence-corrected chi connectivity index (χ2v) is 3.51. The quantitative estimate of drug-likeness (QED) is 0.639. The Hall–Kier alpha value is -1.31. The van der Waals surface area contributed by atoms with Gasteiger partial charge in [0.25, 0.3) is 0 Å². The van der Waals surface area contributed by atoms with Gasteiger partial charge in [-0.05, 0) is 31.4 Å². The van der Waals surface area contributed by atoms with Gasteiger partial charge in [-0.3, -0.25) is 4.68 Å². The fourth-order valence-electron chi connectivity index (χ4n) is 1.84. The molecule has 0 aliphatic heterocycles. The third-order valence-electron chi connectivity index (χ3n) is 2.60. The van der Waals surface area contributed by atoms with E-state index in [-0.39, 0.29) is 0 Å². The zero-order valence-electron chi connectivity index (χ0n) is 8.33. The summed E-state index contributed by atoms with van der Waals surface area (Å²) in [6, 6.07) is 0. The van der Waals surface area contributed by atoms with Gasteiger partial charge in [-0.25, -0.2) is 0 Å². The van der Waals surface area contributed by atoms with Crippen LogP contribution in [0.5, 0.6) is 0 Å². The lowest BCUT2D eigenvalue weighted by atomic mass is 10.1. The molecular formula is C11H14N2. The zero-order valence-corrected chi connectivity index (χ0v) is 8.33. The van der Waals surface area contributed by atoms with Crippen LogP contribution >= 0.6 is 0 Å². The molecule has 0 aromatic carbocycles. The van der Waals surface area contributed by atoms with Crippen molar-refractivity contribution in [1.29, 1.82) is 0 Å². The average molecular weight is 174 g/mol. The van der Waals surface area contributed by atoms with E-state index in [0.29, 0.717) is 0 Å². The molecule has 0 bridgehead atoms. The molecule has 2 heteroatoms. The summed E-state index contributed by atoms with van der Waals surface area (Å²) in [7, 11) is 2.01. The summed E-state index contributed by atoms with van der Waals surface area (Å²) in [6.07, 6.45) is 7.50. The molecule has 0 unspecified atom stereocenters. The second-order valence-electron chi connectivity index (χ2n) is 3.51. The van der Waals surface area contributed by atoms with Gasteiger partial charge in [-0.1, -0.05) is 18.2 Å². The maximum Gasteiger partial charge on any atom is 0.0673 e. The fourth-order valence-corrected chi connectivity index (χ4v) is 1.84. The third-order valence-corrected chi connectivity index (χ3v) is 2.60. The Balaban J connectivity index is 2.51. The number of rotatable bonds is 1. The van der Waals surface area contributed by atoms with Crippen LogP contribution in [0, 0.1) is 13.8 Å². The van der Waals surface area contributed by atoms with E-state index in [1.807, 2.05) is 11.7 Å². The van der Waals surface area contributed by atoms with Crippen molar-refractivity contribution < 1.29 is 0 Å². The SMILES string of the molecule is Cc1nn(C)c(C2=CC=CC2)c1C. The summed E-state index contributed by atoms with van der Waals surface area (Å²) in [5, 5.41) is 4.40. The van der Waals surface area contributed by atoms with Gasteiger partial charge in [0.15, 0.2) is 0 Å². The van der Waals surface area contributed by atoms with Crippen molar-refractivity contribution in [3.05, 3.63) is 35.2 Å². The van der Waals surface area contributed by atoms with Gasteiger partial charge in [0, 0.05) is 7.05 Å². The van der Waals surface area contributed by atoms with E-state index >= 15 is 0 Å². The van der Waals surface area contributed by atoms with E-state index in [0.717, 1.165) is 12.1 Å². The van der Waals surface area contributed by atoms with Crippen LogP contribution in [-0.4, -0.2) is 9.78 Å². The molecule has 1 aliphatic carbocycles. The summed E-state index contributed by atoms with van der Waals surface area (Å²) in [4.78, 5) is 0. The Morgan fingerprint density at radius 1 is 1.38 bits per heavy atom. The predicted octanol–water partition coefficient (Wildman–Crippen LogP) is 2.38. The molecule has 0 spiro atoms. The first kappa shape index (κ1) is 8.30. The first-order chi connectivity index (χ1) is 6.20. The minimum Gasteiger partial charge on any atom is -0.268 e. The monoisotopic (exact) mass is 174 g/mol. The van der Waals surface area contributed by atoms with E-state index in [1.165, 1.54) is 16.8 Å². The van der Waals surface area contributed by atoms with Crippen LogP contribution in [-0.2, 0) is 7.05 Å². The van der Waals surface area contributed by atoms with Crippen molar-refractivity contribution in [2.75, 3.05) is 0 Å². The van der Waals surface area contributed by atoms with Crippen LogP contribution in [0.2, 0.25) is 0 Å². The Bertz CT molecular complexity index is 394. The van der Waals surface area contributed by atoms with Crippen LogP contribution in [0.25, 0.3) is 5.57 Å². The molecule has 0 saturated heterocycles. The van der Waals surface area contributed by atoms with E-state index in [2.05, 4.69) is 37.2 Å². The first-order valence-corrected chi connectivity index (χ1v) is 4.56. The van der Waals surface area contributed by atoms with Crippen LogP contribution in [0.3, 0.4) is 0 Å². The maximum atomic E-state index is 4.40. The summed E-state index contributed by atoms with van der Waals surface area (Å²) < 4.78 is 1.98. The summed E-state index contributed by atoms with van der Waals surface area (Å²) in [5.41, 5.74) is 5.09. The highest BCUT2D eigenvalue weighted by atomic mass is 15.3. The molecule has 13 heavy (non-hydrogen) atoms. The number of aromatic nitrogens is 2. The molecule has 2 rings (SSSR count). The first-order valence-electron chi connectivity index (χ1n) is 4.56. The average Bonchev–Trinajstić information content (AvgIpc) is 2.63. The molecule has 68 valence electrons. The van der Waals surface area contributed by atoms with Gasteiger partial charge < -0.3 is 0 Å². The largest absolute Gasteiger partial charge is 0.268 e. The van der Waals surface area contributed by atoms with Gasteiger partial charge in [0.2, 0.25) is 0 Å². The number of hydrogen-bond acceptors (Lipinski definition) is 1. The zero-order chi connectivity index (χ0) is 9.42. The molecule has 0 amide bonds. The van der Waals surface area contributed by atoms with Crippen molar-refractivity contribution in [2.45, 2.75) is 20.3 Å². The van der Waals surface area contributed by atoms with E-state index in [4.69, 9.17) is 0 Å². The Morgan fingerprint density at radius 2 is 2.15 bits per heavy atom. The lowest BCUT2D eigenvalue weighted by Crippen LogP contribution is -1.97. The minimum atomic E-state index is 1.04. The number of allylic oxidation sites excluding steroid dienone is 4. The van der Waals surface area contributed by atoms with Gasteiger partial charge in [-0.2, -0.15) is 5.10 Å². The Kier molecular flexibility index (Phi) is 1.83. The molecule has 0 saturated carbocycles. The summed E-state index contributed by atoms with van der Waals surface area (Å²) >= 11 is 0. The van der Waals surface area contributed by atoms with Crippen LogP contribution < -0.4 is 0 Å². The van der Waals surface area contributed by atoms with E-state index in [9.17, 15) is 0 Å². The molecule has 0 N–H and O–H groups in total. The molecule has 0 fully saturated rings. The fraction of sp³-hybridized carbons (Fsp3) is 0.364. The summed E-state index contributed by atoms with van der Waals surface area (Å²) in [5.74, 6) is 0. The van der Waals surface area contributed by atoms with Crippen molar-refractivity contribution in [2.24, 2.45) is 7.05 Å². The Labute approximate surface area is 78.6 Å². The lowest BCUT2D eigenvalue weighted by molar-refractivity contribution is 0.744. The number of aryl methyl sites for hydroxylation is 2. The summed E-state index contributed by atoms with van der Waals surface area (Å²) in [6.45, 7) is 4.19. The highest BCUT2D eigenvalue weighted by Crippen LogP contribution is 2.26. The Morgan fingerprint density at radius 3 is 2.62 bits per heavy atom. The molecule has 0 radical (unpaired) electrons. The third kappa shape index (κ3) is 1.22. The van der Waals surface area contributed by atoms with Gasteiger partial charge in [-0.15, -0.1) is 0 Å². The minimum absolute atomic E-state index is 1.04. The normalized spacial score (nSPS) is 15.2. The smallest absolute Gasteiger partial charge is 0.0673 e. The van der Waals surface area contributed by atoms with Gasteiger partial charge >= 0.3 is 0 Å². The lowest BCUT2D eigenvalue weighted by Gasteiger charge is -2.03. The standard InChI is InChI=1S/C11H14N2/c1-8-9(2)12-13(3)11(8)10-6-4-5-7-10/h4-6H,7H2,1-3H3. The molecule has 1 aromatic rings. The number of hydrogen-bond donors (Lipinski definition) is 0. The topological polar surface area (TPSA) is 17.8 Å². The molecule has 0 atom stereocenters. The van der Waals surface area contributed by atoms with Gasteiger partial charge in [0.1, 0.15) is 0 Å². The second kappa shape index (κ2) is 2.87. The molecule has 1 aromatic heterocycles. The maximum absolute atomic E-state index is 4.40. The van der Waals surface area contributed by atoms with Gasteiger partial charge in [0.05, 0.1) is 11.4 Å². The number of nitrogens with zero attached hydrogens (tertiary/aromatic N) is 2. The molecule has 1 heterocycles. The van der Waals surface area contributed by atoms with Crippen molar-refractivity contribution in [3.63, 3.8) is 0 Å².